The van der Waals surface area contributed by atoms with E-state index in [-0.39, 0.29) is 11.7 Å². The molecule has 186 valence electrons. The van der Waals surface area contributed by atoms with Crippen LogP contribution in [0, 0.1) is 0 Å². The van der Waals surface area contributed by atoms with Gasteiger partial charge in [-0.3, -0.25) is 4.79 Å². The summed E-state index contributed by atoms with van der Waals surface area (Å²) in [5.41, 5.74) is 4.10. The van der Waals surface area contributed by atoms with Gasteiger partial charge < -0.3 is 15.0 Å². The zero-order valence-corrected chi connectivity index (χ0v) is 22.4. The second-order valence-electron chi connectivity index (χ2n) is 8.72. The molecule has 2 aliphatic rings. The second kappa shape index (κ2) is 10.3. The maximum atomic E-state index is 12.6. The number of carbonyl (C=O) groups is 1. The van der Waals surface area contributed by atoms with Gasteiger partial charge in [-0.15, -0.1) is 21.5 Å². The minimum atomic E-state index is -0.170. The standard InChI is InChI=1S/C24H22Cl2N6O2S2/c25-16-6-5-13(11-17(16)26)27-18(33)12-35-24-21-20(29-31-30-24)19-14-3-1-2-4-15(14)22(28-23(19)36-21)32-7-9-34-10-8-32/h5-6,11H,1-4,7-10,12H2,(H,27,33). The number of amides is 1. The van der Waals surface area contributed by atoms with E-state index >= 15 is 0 Å². The van der Waals surface area contributed by atoms with Crippen molar-refractivity contribution in [2.24, 2.45) is 0 Å². The maximum Gasteiger partial charge on any atom is 0.234 e. The molecule has 8 nitrogen and oxygen atoms in total. The number of nitrogens with zero attached hydrogens (tertiary/aromatic N) is 5. The quantitative estimate of drug-likeness (QED) is 0.325. The lowest BCUT2D eigenvalue weighted by Crippen LogP contribution is -2.37. The molecular formula is C24H22Cl2N6O2S2. The highest BCUT2D eigenvalue weighted by molar-refractivity contribution is 8.00. The lowest BCUT2D eigenvalue weighted by molar-refractivity contribution is -0.113. The van der Waals surface area contributed by atoms with Crippen LogP contribution >= 0.6 is 46.3 Å². The van der Waals surface area contributed by atoms with Crippen molar-refractivity contribution in [3.05, 3.63) is 39.4 Å². The summed E-state index contributed by atoms with van der Waals surface area (Å²) in [5.74, 6) is 1.09. The lowest BCUT2D eigenvalue weighted by atomic mass is 9.90. The SMILES string of the molecule is O=C(CSc1nnnc2c1sc1nc(N3CCOCC3)c3c(c12)CCCC3)Nc1ccc(Cl)c(Cl)c1. The molecule has 1 aliphatic heterocycles. The molecule has 0 bridgehead atoms. The first kappa shape index (κ1) is 24.1. The van der Waals surface area contributed by atoms with Crippen LogP contribution in [-0.4, -0.2) is 58.4 Å². The normalized spacial score (nSPS) is 15.9. The Kier molecular flexibility index (Phi) is 6.87. The number of anilines is 2. The van der Waals surface area contributed by atoms with Crippen LogP contribution in [0.3, 0.4) is 0 Å². The number of hydrogen-bond donors (Lipinski definition) is 1. The summed E-state index contributed by atoms with van der Waals surface area (Å²) in [6, 6.07) is 5.00. The number of morpholine rings is 1. The number of pyridine rings is 1. The summed E-state index contributed by atoms with van der Waals surface area (Å²) in [7, 11) is 0. The third-order valence-corrected chi connectivity index (χ3v) is 9.35. The molecule has 1 N–H and O–H groups in total. The van der Waals surface area contributed by atoms with Gasteiger partial charge in [0, 0.05) is 24.2 Å². The van der Waals surface area contributed by atoms with Gasteiger partial charge in [-0.1, -0.05) is 35.0 Å². The first-order chi connectivity index (χ1) is 17.6. The minimum absolute atomic E-state index is 0.170. The first-order valence-corrected chi connectivity index (χ1v) is 14.3. The van der Waals surface area contributed by atoms with E-state index in [1.165, 1.54) is 29.3 Å². The number of benzene rings is 1. The zero-order chi connectivity index (χ0) is 24.6. The van der Waals surface area contributed by atoms with Crippen LogP contribution in [0.15, 0.2) is 23.2 Å². The van der Waals surface area contributed by atoms with E-state index in [2.05, 4.69) is 25.6 Å². The monoisotopic (exact) mass is 560 g/mol. The van der Waals surface area contributed by atoms with Gasteiger partial charge >= 0.3 is 0 Å². The Hall–Kier alpha value is -2.24. The fourth-order valence-electron chi connectivity index (χ4n) is 4.78. The van der Waals surface area contributed by atoms with Crippen LogP contribution in [0.5, 0.6) is 0 Å². The van der Waals surface area contributed by atoms with Crippen LogP contribution < -0.4 is 10.2 Å². The molecular weight excluding hydrogens is 539 g/mol. The molecule has 36 heavy (non-hydrogen) atoms. The molecule has 1 amide bonds. The fourth-order valence-corrected chi connectivity index (χ4v) is 7.06. The first-order valence-electron chi connectivity index (χ1n) is 11.8. The molecule has 6 rings (SSSR count). The van der Waals surface area contributed by atoms with E-state index in [1.807, 2.05) is 0 Å². The Morgan fingerprint density at radius 2 is 1.92 bits per heavy atom. The van der Waals surface area contributed by atoms with Gasteiger partial charge in [0.1, 0.15) is 21.2 Å². The Morgan fingerprint density at radius 3 is 2.72 bits per heavy atom. The largest absolute Gasteiger partial charge is 0.378 e. The van der Waals surface area contributed by atoms with Gasteiger partial charge in [0.2, 0.25) is 5.91 Å². The van der Waals surface area contributed by atoms with Crippen LogP contribution in [-0.2, 0) is 22.4 Å². The number of nitrogens with one attached hydrogen (secondary N) is 1. The number of thiophene rings is 1. The average Bonchev–Trinajstić information content (AvgIpc) is 3.29. The number of aromatic nitrogens is 4. The number of rotatable bonds is 5. The Labute approximate surface area is 225 Å². The van der Waals surface area contributed by atoms with Crippen molar-refractivity contribution < 1.29 is 9.53 Å². The molecule has 4 aromatic rings. The van der Waals surface area contributed by atoms with Gasteiger partial charge in [0.05, 0.1) is 33.7 Å². The van der Waals surface area contributed by atoms with E-state index in [9.17, 15) is 4.79 Å². The summed E-state index contributed by atoms with van der Waals surface area (Å²) < 4.78 is 6.49. The zero-order valence-electron chi connectivity index (χ0n) is 19.2. The Bertz CT molecular complexity index is 1470. The van der Waals surface area contributed by atoms with Crippen LogP contribution in [0.4, 0.5) is 11.5 Å². The minimum Gasteiger partial charge on any atom is -0.378 e. The molecule has 3 aromatic heterocycles. The van der Waals surface area contributed by atoms with Crippen LogP contribution in [0.25, 0.3) is 20.4 Å². The Balaban J connectivity index is 1.32. The molecule has 4 heterocycles. The summed E-state index contributed by atoms with van der Waals surface area (Å²) in [6.45, 7) is 3.15. The van der Waals surface area contributed by atoms with Crippen LogP contribution in [0.1, 0.15) is 24.0 Å². The predicted octanol–water partition coefficient (Wildman–Crippen LogP) is 5.39. The van der Waals surface area contributed by atoms with Gasteiger partial charge in [0.25, 0.3) is 0 Å². The van der Waals surface area contributed by atoms with Crippen LogP contribution in [0.2, 0.25) is 10.0 Å². The second-order valence-corrected chi connectivity index (χ2v) is 11.5. The smallest absolute Gasteiger partial charge is 0.234 e. The number of carbonyl (C=O) groups excluding carboxylic acids is 1. The summed E-state index contributed by atoms with van der Waals surface area (Å²) in [5, 5.41) is 18.2. The van der Waals surface area contributed by atoms with Crippen molar-refractivity contribution in [3.8, 4) is 0 Å². The summed E-state index contributed by atoms with van der Waals surface area (Å²) in [6.07, 6.45) is 4.36. The number of fused-ring (bicyclic) bond motifs is 5. The number of ether oxygens (including phenoxy) is 1. The number of hydrogen-bond acceptors (Lipinski definition) is 9. The fraction of sp³-hybridized carbons (Fsp3) is 0.375. The predicted molar refractivity (Wildman–Crippen MR) is 146 cm³/mol. The molecule has 0 atom stereocenters. The number of thioether (sulfide) groups is 1. The molecule has 0 spiro atoms. The molecule has 1 fully saturated rings. The number of halogens is 2. The van der Waals surface area contributed by atoms with E-state index in [1.54, 1.807) is 29.5 Å². The molecule has 1 aliphatic carbocycles. The summed E-state index contributed by atoms with van der Waals surface area (Å²) >= 11 is 14.9. The average molecular weight is 562 g/mol. The lowest BCUT2D eigenvalue weighted by Gasteiger charge is -2.31. The van der Waals surface area contributed by atoms with Crippen molar-refractivity contribution in [1.82, 2.24) is 20.4 Å². The van der Waals surface area contributed by atoms with Gasteiger partial charge in [-0.2, -0.15) is 0 Å². The third-order valence-electron chi connectivity index (χ3n) is 6.44. The third kappa shape index (κ3) is 4.61. The van der Waals surface area contributed by atoms with Gasteiger partial charge in [0.15, 0.2) is 0 Å². The summed E-state index contributed by atoms with van der Waals surface area (Å²) in [4.78, 5) is 21.1. The topological polar surface area (TPSA) is 93.1 Å². The molecule has 0 saturated carbocycles. The highest BCUT2D eigenvalue weighted by Crippen LogP contribution is 2.43. The van der Waals surface area contributed by atoms with Gasteiger partial charge in [-0.05, 0) is 60.2 Å². The van der Waals surface area contributed by atoms with E-state index in [0.717, 1.165) is 71.8 Å². The van der Waals surface area contributed by atoms with E-state index in [0.29, 0.717) is 20.8 Å². The molecule has 1 aromatic carbocycles. The molecule has 0 radical (unpaired) electrons. The molecule has 0 unspecified atom stereocenters. The maximum absolute atomic E-state index is 12.6. The highest BCUT2D eigenvalue weighted by Gasteiger charge is 2.27. The van der Waals surface area contributed by atoms with Crippen molar-refractivity contribution in [1.29, 1.82) is 0 Å². The van der Waals surface area contributed by atoms with E-state index < -0.39 is 0 Å². The van der Waals surface area contributed by atoms with Gasteiger partial charge in [-0.25, -0.2) is 4.98 Å². The van der Waals surface area contributed by atoms with Crippen molar-refractivity contribution >= 4 is 84.1 Å². The molecule has 12 heteroatoms. The van der Waals surface area contributed by atoms with Crippen molar-refractivity contribution in [2.45, 2.75) is 30.7 Å². The van der Waals surface area contributed by atoms with Crippen molar-refractivity contribution in [3.63, 3.8) is 0 Å². The number of aryl methyl sites for hydroxylation is 1. The van der Waals surface area contributed by atoms with E-state index in [4.69, 9.17) is 32.9 Å². The molecule has 1 saturated heterocycles. The highest BCUT2D eigenvalue weighted by atomic mass is 35.5. The van der Waals surface area contributed by atoms with Crippen molar-refractivity contribution in [2.75, 3.05) is 42.3 Å². The Morgan fingerprint density at radius 1 is 1.11 bits per heavy atom.